The van der Waals surface area contributed by atoms with Gasteiger partial charge in [0.2, 0.25) is 0 Å². The van der Waals surface area contributed by atoms with E-state index >= 15 is 0 Å². The number of carbonyl (C=O) groups excluding carboxylic acids is 1. The lowest BCUT2D eigenvalue weighted by Crippen LogP contribution is -1.97. The molecule has 1 aromatic heterocycles. The SMILES string of the molecule is N#Cc1ccc(C(=O)Cl)nc1SCc1ccc(Cl)cc1. The molecule has 2 rings (SSSR count). The highest BCUT2D eigenvalue weighted by atomic mass is 35.5. The van der Waals surface area contributed by atoms with Crippen LogP contribution in [0.15, 0.2) is 41.4 Å². The molecule has 0 amide bonds. The standard InChI is InChI=1S/C14H8Cl2N2OS/c15-11-4-1-9(2-5-11)8-20-14-10(7-17)3-6-12(18-14)13(16)19/h1-6H,8H2. The number of benzene rings is 1. The van der Waals surface area contributed by atoms with Gasteiger partial charge in [0.15, 0.2) is 0 Å². The van der Waals surface area contributed by atoms with Crippen molar-refractivity contribution in [2.24, 2.45) is 0 Å². The van der Waals surface area contributed by atoms with Crippen LogP contribution in [0.3, 0.4) is 0 Å². The minimum absolute atomic E-state index is 0.143. The predicted octanol–water partition coefficient (Wildman–Crippen LogP) is 4.28. The maximum Gasteiger partial charge on any atom is 0.270 e. The predicted molar refractivity (Wildman–Crippen MR) is 80.1 cm³/mol. The van der Waals surface area contributed by atoms with Gasteiger partial charge < -0.3 is 0 Å². The molecule has 0 spiro atoms. The molecule has 0 saturated heterocycles. The summed E-state index contributed by atoms with van der Waals surface area (Å²) in [5, 5.41) is 9.57. The molecule has 0 bridgehead atoms. The Morgan fingerprint density at radius 3 is 2.55 bits per heavy atom. The molecule has 0 aliphatic rings. The van der Waals surface area contributed by atoms with E-state index in [4.69, 9.17) is 28.5 Å². The highest BCUT2D eigenvalue weighted by Gasteiger charge is 2.10. The van der Waals surface area contributed by atoms with E-state index in [0.717, 1.165) is 5.56 Å². The van der Waals surface area contributed by atoms with Gasteiger partial charge in [-0.15, -0.1) is 11.8 Å². The Hall–Kier alpha value is -1.54. The van der Waals surface area contributed by atoms with Gasteiger partial charge in [-0.1, -0.05) is 23.7 Å². The summed E-state index contributed by atoms with van der Waals surface area (Å²) in [6.45, 7) is 0. The van der Waals surface area contributed by atoms with Gasteiger partial charge in [0, 0.05) is 10.8 Å². The first-order valence-electron chi connectivity index (χ1n) is 5.58. The van der Waals surface area contributed by atoms with E-state index in [0.29, 0.717) is 21.4 Å². The van der Waals surface area contributed by atoms with Crippen molar-refractivity contribution in [3.8, 4) is 6.07 Å². The first kappa shape index (κ1) is 14.9. The van der Waals surface area contributed by atoms with E-state index in [1.165, 1.54) is 17.8 Å². The first-order valence-corrected chi connectivity index (χ1v) is 7.32. The van der Waals surface area contributed by atoms with Crippen molar-refractivity contribution >= 4 is 40.2 Å². The lowest BCUT2D eigenvalue weighted by Gasteiger charge is -2.04. The van der Waals surface area contributed by atoms with Crippen LogP contribution in [0.2, 0.25) is 5.02 Å². The van der Waals surface area contributed by atoms with Crippen LogP contribution < -0.4 is 0 Å². The van der Waals surface area contributed by atoms with Crippen molar-refractivity contribution in [3.05, 3.63) is 58.2 Å². The van der Waals surface area contributed by atoms with E-state index in [9.17, 15) is 4.79 Å². The average Bonchev–Trinajstić information content (AvgIpc) is 2.46. The second kappa shape index (κ2) is 6.76. The van der Waals surface area contributed by atoms with E-state index in [2.05, 4.69) is 4.98 Å². The van der Waals surface area contributed by atoms with Crippen LogP contribution in [0.5, 0.6) is 0 Å². The van der Waals surface area contributed by atoms with Crippen LogP contribution in [0, 0.1) is 11.3 Å². The van der Waals surface area contributed by atoms with Crippen LogP contribution in [0.1, 0.15) is 21.6 Å². The molecule has 0 atom stereocenters. The molecule has 20 heavy (non-hydrogen) atoms. The Kier molecular flexibility index (Phi) is 5.02. The Morgan fingerprint density at radius 1 is 1.25 bits per heavy atom. The van der Waals surface area contributed by atoms with Crippen molar-refractivity contribution in [1.82, 2.24) is 4.98 Å². The Morgan fingerprint density at radius 2 is 1.95 bits per heavy atom. The topological polar surface area (TPSA) is 53.8 Å². The van der Waals surface area contributed by atoms with Gasteiger partial charge in [-0.2, -0.15) is 5.26 Å². The van der Waals surface area contributed by atoms with Crippen molar-refractivity contribution < 1.29 is 4.79 Å². The van der Waals surface area contributed by atoms with Gasteiger partial charge in [-0.3, -0.25) is 4.79 Å². The molecular weight excluding hydrogens is 315 g/mol. The molecule has 0 N–H and O–H groups in total. The highest BCUT2D eigenvalue weighted by molar-refractivity contribution is 7.98. The average molecular weight is 323 g/mol. The van der Waals surface area contributed by atoms with Crippen LogP contribution >= 0.6 is 35.0 Å². The fourth-order valence-electron chi connectivity index (χ4n) is 1.48. The summed E-state index contributed by atoms with van der Waals surface area (Å²) in [5.74, 6) is 0.624. The quantitative estimate of drug-likeness (QED) is 0.622. The monoisotopic (exact) mass is 322 g/mol. The number of hydrogen-bond donors (Lipinski definition) is 0. The Labute approximate surface area is 130 Å². The van der Waals surface area contributed by atoms with Gasteiger partial charge >= 0.3 is 0 Å². The molecule has 0 aliphatic carbocycles. The van der Waals surface area contributed by atoms with Crippen LogP contribution in [-0.4, -0.2) is 10.2 Å². The summed E-state index contributed by atoms with van der Waals surface area (Å²) in [7, 11) is 0. The zero-order valence-corrected chi connectivity index (χ0v) is 12.5. The second-order valence-electron chi connectivity index (χ2n) is 3.85. The number of thioether (sulfide) groups is 1. The number of carbonyl (C=O) groups is 1. The number of rotatable bonds is 4. The van der Waals surface area contributed by atoms with Crippen LogP contribution in [-0.2, 0) is 5.75 Å². The number of halogens is 2. The molecule has 3 nitrogen and oxygen atoms in total. The molecule has 1 heterocycles. The largest absolute Gasteiger partial charge is 0.274 e. The van der Waals surface area contributed by atoms with Gasteiger partial charge in [0.05, 0.1) is 5.56 Å². The molecule has 6 heteroatoms. The highest BCUT2D eigenvalue weighted by Crippen LogP contribution is 2.25. The molecule has 0 aliphatic heterocycles. The van der Waals surface area contributed by atoms with E-state index in [1.54, 1.807) is 18.2 Å². The smallest absolute Gasteiger partial charge is 0.270 e. The summed E-state index contributed by atoms with van der Waals surface area (Å²) >= 11 is 12.6. The number of aromatic nitrogens is 1. The van der Waals surface area contributed by atoms with Gasteiger partial charge in [0.1, 0.15) is 16.8 Å². The van der Waals surface area contributed by atoms with Crippen LogP contribution in [0.4, 0.5) is 0 Å². The third-order valence-corrected chi connectivity index (χ3v) is 3.98. The number of nitrogens with zero attached hydrogens (tertiary/aromatic N) is 2. The van der Waals surface area contributed by atoms with Gasteiger partial charge in [-0.05, 0) is 41.4 Å². The summed E-state index contributed by atoms with van der Waals surface area (Å²) < 4.78 is 0. The summed E-state index contributed by atoms with van der Waals surface area (Å²) in [6.07, 6.45) is 0. The van der Waals surface area contributed by atoms with Crippen molar-refractivity contribution in [2.45, 2.75) is 10.8 Å². The third-order valence-electron chi connectivity index (χ3n) is 2.47. The Balaban J connectivity index is 2.19. The fraction of sp³-hybridized carbons (Fsp3) is 0.0714. The minimum Gasteiger partial charge on any atom is -0.274 e. The molecule has 0 unspecified atom stereocenters. The molecule has 1 aromatic carbocycles. The van der Waals surface area contributed by atoms with E-state index in [1.807, 2.05) is 18.2 Å². The number of pyridine rings is 1. The van der Waals surface area contributed by atoms with E-state index in [-0.39, 0.29) is 5.69 Å². The van der Waals surface area contributed by atoms with Gasteiger partial charge in [-0.25, -0.2) is 4.98 Å². The molecular formula is C14H8Cl2N2OS. The minimum atomic E-state index is -0.636. The van der Waals surface area contributed by atoms with E-state index < -0.39 is 5.24 Å². The number of hydrogen-bond acceptors (Lipinski definition) is 4. The molecule has 0 saturated carbocycles. The van der Waals surface area contributed by atoms with Crippen LogP contribution in [0.25, 0.3) is 0 Å². The summed E-state index contributed by atoms with van der Waals surface area (Å²) in [6, 6.07) is 12.4. The second-order valence-corrected chi connectivity index (χ2v) is 5.59. The molecule has 100 valence electrons. The lowest BCUT2D eigenvalue weighted by molar-refractivity contribution is 0.107. The molecule has 2 aromatic rings. The fourth-order valence-corrected chi connectivity index (χ4v) is 2.64. The zero-order valence-electron chi connectivity index (χ0n) is 10.1. The van der Waals surface area contributed by atoms with Crippen molar-refractivity contribution in [2.75, 3.05) is 0 Å². The van der Waals surface area contributed by atoms with Crippen molar-refractivity contribution in [3.63, 3.8) is 0 Å². The summed E-state index contributed by atoms with van der Waals surface area (Å²) in [5.41, 5.74) is 1.61. The summed E-state index contributed by atoms with van der Waals surface area (Å²) in [4.78, 5) is 15.2. The zero-order chi connectivity index (χ0) is 14.5. The first-order chi connectivity index (χ1) is 9.60. The Bertz CT molecular complexity index is 681. The molecule has 0 fully saturated rings. The lowest BCUT2D eigenvalue weighted by atomic mass is 10.2. The van der Waals surface area contributed by atoms with Gasteiger partial charge in [0.25, 0.3) is 5.24 Å². The third kappa shape index (κ3) is 3.73. The molecule has 0 radical (unpaired) electrons. The van der Waals surface area contributed by atoms with Crippen molar-refractivity contribution in [1.29, 1.82) is 5.26 Å². The maximum atomic E-state index is 11.1. The normalized spacial score (nSPS) is 10.1. The maximum absolute atomic E-state index is 11.1. The number of nitriles is 1.